The van der Waals surface area contributed by atoms with Crippen molar-refractivity contribution < 1.29 is 36.8 Å². The van der Waals surface area contributed by atoms with Gasteiger partial charge in [-0.25, -0.2) is 0 Å². The molecular weight excluding hydrogens is 440 g/mol. The summed E-state index contributed by atoms with van der Waals surface area (Å²) in [6.45, 7) is 4.87. The number of β-amino-alcohol motifs (C(OH)–C–C–N with tert-alkyl or cyclic N) is 1. The first-order valence-electron chi connectivity index (χ1n) is 11.5. The molecule has 4 aliphatic rings. The molecule has 0 radical (unpaired) electrons. The van der Waals surface area contributed by atoms with Crippen LogP contribution in [0.5, 0.6) is 0 Å². The quantitative estimate of drug-likeness (QED) is 0.563. The van der Waals surface area contributed by atoms with Crippen LogP contribution in [0.4, 0.5) is 0 Å². The predicted molar refractivity (Wildman–Crippen MR) is 115 cm³/mol. The molecule has 4 rings (SSSR count). The van der Waals surface area contributed by atoms with Gasteiger partial charge in [0.25, 0.3) is 10.1 Å². The molecule has 0 aromatic carbocycles. The first kappa shape index (κ1) is 25.4. The van der Waals surface area contributed by atoms with Gasteiger partial charge in [0.15, 0.2) is 0 Å². The second kappa shape index (κ2) is 11.7. The van der Waals surface area contributed by atoms with Crippen molar-refractivity contribution in [2.75, 3.05) is 58.9 Å². The number of aliphatic hydroxyl groups is 1. The Morgan fingerprint density at radius 2 is 1.28 bits per heavy atom. The molecule has 184 valence electrons. The van der Waals surface area contributed by atoms with E-state index in [9.17, 15) is 23.1 Å². The highest BCUT2D eigenvalue weighted by Crippen LogP contribution is 2.22. The Balaban J connectivity index is 0.000000186. The van der Waals surface area contributed by atoms with Gasteiger partial charge < -0.3 is 24.4 Å². The summed E-state index contributed by atoms with van der Waals surface area (Å²) < 4.78 is 37.4. The predicted octanol–water partition coefficient (Wildman–Crippen LogP) is -0.00370. The molecule has 0 aromatic heterocycles. The van der Waals surface area contributed by atoms with Crippen LogP contribution in [-0.4, -0.2) is 106 Å². The molecule has 0 spiro atoms. The van der Waals surface area contributed by atoms with Gasteiger partial charge in [0, 0.05) is 64.4 Å². The Kier molecular flexibility index (Phi) is 9.30. The number of carbonyl (C=O) groups is 2. The lowest BCUT2D eigenvalue weighted by Crippen LogP contribution is -2.37. The lowest BCUT2D eigenvalue weighted by atomic mass is 9.99. The van der Waals surface area contributed by atoms with Crippen LogP contribution >= 0.6 is 0 Å². The minimum absolute atomic E-state index is 0.0238. The zero-order valence-electron chi connectivity index (χ0n) is 18.8. The van der Waals surface area contributed by atoms with E-state index in [0.717, 1.165) is 44.9 Å². The van der Waals surface area contributed by atoms with Crippen molar-refractivity contribution in [3.63, 3.8) is 0 Å². The molecule has 4 aliphatic heterocycles. The van der Waals surface area contributed by atoms with Gasteiger partial charge in [-0.15, -0.1) is 0 Å². The molecule has 32 heavy (non-hydrogen) atoms. The van der Waals surface area contributed by atoms with E-state index in [1.807, 2.05) is 0 Å². The summed E-state index contributed by atoms with van der Waals surface area (Å²) in [5, 5.41) is 9.33. The van der Waals surface area contributed by atoms with Gasteiger partial charge in [0.2, 0.25) is 11.8 Å². The van der Waals surface area contributed by atoms with Gasteiger partial charge in [0.1, 0.15) is 0 Å². The highest BCUT2D eigenvalue weighted by Gasteiger charge is 2.33. The van der Waals surface area contributed by atoms with E-state index in [0.29, 0.717) is 52.5 Å². The third kappa shape index (κ3) is 7.65. The monoisotopic (exact) mass is 476 g/mol. The number of likely N-dealkylation sites (tertiary alicyclic amines) is 2. The van der Waals surface area contributed by atoms with Crippen molar-refractivity contribution in [2.45, 2.75) is 50.7 Å². The number of hydrogen-bond donors (Lipinski definition) is 1. The van der Waals surface area contributed by atoms with Crippen LogP contribution in [0.15, 0.2) is 0 Å². The fraction of sp³-hybridized carbons (Fsp3) is 0.905. The molecule has 2 atom stereocenters. The van der Waals surface area contributed by atoms with E-state index < -0.39 is 10.1 Å². The van der Waals surface area contributed by atoms with Crippen LogP contribution in [0.3, 0.4) is 0 Å². The van der Waals surface area contributed by atoms with Gasteiger partial charge >= 0.3 is 0 Å². The molecule has 4 fully saturated rings. The van der Waals surface area contributed by atoms with Crippen molar-refractivity contribution >= 4 is 21.9 Å². The summed E-state index contributed by atoms with van der Waals surface area (Å²) in [6.07, 6.45) is 4.85. The van der Waals surface area contributed by atoms with Gasteiger partial charge in [0.05, 0.1) is 18.5 Å². The zero-order valence-corrected chi connectivity index (χ0v) is 19.6. The van der Waals surface area contributed by atoms with Gasteiger partial charge in [-0.1, -0.05) is 0 Å². The van der Waals surface area contributed by atoms with Crippen molar-refractivity contribution in [3.05, 3.63) is 0 Å². The Morgan fingerprint density at radius 3 is 1.72 bits per heavy atom. The zero-order chi connectivity index (χ0) is 23.1. The summed E-state index contributed by atoms with van der Waals surface area (Å²) in [5.41, 5.74) is 0. The van der Waals surface area contributed by atoms with Crippen LogP contribution in [0.25, 0.3) is 0 Å². The Labute approximate surface area is 190 Å². The summed E-state index contributed by atoms with van der Waals surface area (Å²) in [5.74, 6) is 0.479. The number of rotatable bonds is 4. The van der Waals surface area contributed by atoms with Crippen molar-refractivity contribution in [1.29, 1.82) is 0 Å². The van der Waals surface area contributed by atoms with E-state index in [4.69, 9.17) is 13.7 Å². The van der Waals surface area contributed by atoms with E-state index in [-0.39, 0.29) is 35.9 Å². The maximum atomic E-state index is 12.2. The molecule has 0 saturated carbocycles. The first-order chi connectivity index (χ1) is 15.2. The number of aliphatic hydroxyl groups excluding tert-OH is 1. The van der Waals surface area contributed by atoms with E-state index in [1.54, 1.807) is 9.80 Å². The van der Waals surface area contributed by atoms with E-state index in [2.05, 4.69) is 0 Å². The van der Waals surface area contributed by atoms with Crippen molar-refractivity contribution in [3.8, 4) is 0 Å². The summed E-state index contributed by atoms with van der Waals surface area (Å²) in [4.78, 5) is 27.6. The van der Waals surface area contributed by atoms with Gasteiger partial charge in [-0.05, 0) is 38.5 Å². The molecule has 4 saturated heterocycles. The fourth-order valence-electron chi connectivity index (χ4n) is 4.60. The molecule has 10 nitrogen and oxygen atoms in total. The summed E-state index contributed by atoms with van der Waals surface area (Å²) >= 11 is 0. The Hall–Kier alpha value is -1.27. The van der Waals surface area contributed by atoms with E-state index >= 15 is 0 Å². The molecule has 0 bridgehead atoms. The van der Waals surface area contributed by atoms with Crippen molar-refractivity contribution in [1.82, 2.24) is 9.80 Å². The average Bonchev–Trinajstić information content (AvgIpc) is 3.42. The minimum atomic E-state index is -3.44. The van der Waals surface area contributed by atoms with Crippen molar-refractivity contribution in [2.24, 2.45) is 11.8 Å². The summed E-state index contributed by atoms with van der Waals surface area (Å²) in [6, 6.07) is 0. The smallest absolute Gasteiger partial charge is 0.264 e. The molecule has 0 aromatic rings. The van der Waals surface area contributed by atoms with Crippen LogP contribution < -0.4 is 0 Å². The van der Waals surface area contributed by atoms with Crippen LogP contribution in [0.1, 0.15) is 38.5 Å². The maximum absolute atomic E-state index is 12.2. The minimum Gasteiger partial charge on any atom is -0.391 e. The molecule has 0 unspecified atom stereocenters. The van der Waals surface area contributed by atoms with Gasteiger partial charge in [-0.2, -0.15) is 8.42 Å². The summed E-state index contributed by atoms with van der Waals surface area (Å²) in [7, 11) is -3.44. The first-order valence-corrected chi connectivity index (χ1v) is 13.3. The second-order valence-electron chi connectivity index (χ2n) is 9.00. The molecule has 11 heteroatoms. The maximum Gasteiger partial charge on any atom is 0.264 e. The van der Waals surface area contributed by atoms with Crippen LogP contribution in [0.2, 0.25) is 0 Å². The topological polar surface area (TPSA) is 123 Å². The molecule has 4 heterocycles. The van der Waals surface area contributed by atoms with Crippen LogP contribution in [-0.2, 0) is 33.4 Å². The normalized spacial score (nSPS) is 27.8. The fourth-order valence-corrected chi connectivity index (χ4v) is 5.25. The second-order valence-corrected chi connectivity index (χ2v) is 10.6. The van der Waals surface area contributed by atoms with Crippen LogP contribution in [0, 0.1) is 11.8 Å². The molecule has 1 N–H and O–H groups in total. The Morgan fingerprint density at radius 1 is 0.812 bits per heavy atom. The SMILES string of the molecule is CS(=O)(=O)O[C@@H]1CCN(C(=O)C2CCOCC2)C1.O=C(C1CCOCC1)N1CC[C@@H](O)C1. The highest BCUT2D eigenvalue weighted by molar-refractivity contribution is 7.86. The molecular formula is C21H36N2O8S. The standard InChI is InChI=1S/C11H19NO5S.C10H17NO3/c1-18(14,15)17-10-2-5-12(8-10)11(13)9-3-6-16-7-4-9;12-9-1-4-11(7-9)10(13)8-2-5-14-6-3-8/h9-10H,2-8H2,1H3;8-9,12H,1-7H2/t10-;9-/m11/s1. The lowest BCUT2D eigenvalue weighted by Gasteiger charge is -2.26. The third-order valence-corrected chi connectivity index (χ3v) is 7.01. The third-order valence-electron chi connectivity index (χ3n) is 6.38. The van der Waals surface area contributed by atoms with E-state index in [1.165, 1.54) is 0 Å². The Bertz CT molecular complexity index is 727. The number of ether oxygens (including phenoxy) is 2. The number of hydrogen-bond acceptors (Lipinski definition) is 8. The van der Waals surface area contributed by atoms with Gasteiger partial charge in [-0.3, -0.25) is 13.8 Å². The lowest BCUT2D eigenvalue weighted by molar-refractivity contribution is -0.138. The average molecular weight is 477 g/mol. The number of nitrogens with zero attached hydrogens (tertiary/aromatic N) is 2. The number of amides is 2. The molecule has 2 amide bonds. The molecule has 0 aliphatic carbocycles. The largest absolute Gasteiger partial charge is 0.391 e. The highest BCUT2D eigenvalue weighted by atomic mass is 32.2. The number of carbonyl (C=O) groups excluding carboxylic acids is 2.